The van der Waals surface area contributed by atoms with Crippen LogP contribution in [0, 0.1) is 13.8 Å². The Kier molecular flexibility index (Phi) is 6.03. The maximum absolute atomic E-state index is 13.8. The Morgan fingerprint density at radius 1 is 1.06 bits per heavy atom. The summed E-state index contributed by atoms with van der Waals surface area (Å²) in [5.41, 5.74) is 7.22. The Balaban J connectivity index is 1.64. The summed E-state index contributed by atoms with van der Waals surface area (Å²) in [4.78, 5) is 18.7. The van der Waals surface area contributed by atoms with E-state index in [0.717, 1.165) is 57.2 Å². The molecule has 2 N–H and O–H groups in total. The van der Waals surface area contributed by atoms with Gasteiger partial charge in [0.15, 0.2) is 0 Å². The number of hydrogen-bond donors (Lipinski definition) is 2. The van der Waals surface area contributed by atoms with Crippen molar-refractivity contribution in [2.75, 3.05) is 17.2 Å². The molecule has 35 heavy (non-hydrogen) atoms. The van der Waals surface area contributed by atoms with Gasteiger partial charge in [0.1, 0.15) is 5.75 Å². The zero-order valence-electron chi connectivity index (χ0n) is 20.6. The topological polar surface area (TPSA) is 68.2 Å². The summed E-state index contributed by atoms with van der Waals surface area (Å²) in [5.74, 6) is 1.37. The minimum atomic E-state index is -0.366. The van der Waals surface area contributed by atoms with Crippen molar-refractivity contribution in [1.29, 1.82) is 0 Å². The second kappa shape index (κ2) is 9.29. The zero-order valence-corrected chi connectivity index (χ0v) is 20.6. The van der Waals surface area contributed by atoms with E-state index in [0.29, 0.717) is 12.2 Å². The number of aromatic nitrogens is 2. The average molecular weight is 467 g/mol. The molecule has 1 aliphatic rings. The molecule has 1 aromatic heterocycles. The molecule has 4 aromatic rings. The highest BCUT2D eigenvalue weighted by Gasteiger charge is 2.34. The number of anilines is 2. The van der Waals surface area contributed by atoms with Crippen molar-refractivity contribution in [2.45, 2.75) is 40.2 Å². The number of allylic oxidation sites excluding steroid dienone is 1. The number of imidazole rings is 1. The number of ether oxygens (including phenoxy) is 1. The quantitative estimate of drug-likeness (QED) is 0.346. The van der Waals surface area contributed by atoms with Crippen LogP contribution in [0.25, 0.3) is 11.0 Å². The van der Waals surface area contributed by atoms with E-state index < -0.39 is 0 Å². The number of carbonyl (C=O) groups excluding carboxylic acids is 1. The van der Waals surface area contributed by atoms with Crippen molar-refractivity contribution < 1.29 is 9.53 Å². The standard InChI is InChI=1S/C29H30N4O2/c1-5-15-35-22-10-8-9-21(17-22)27-26(28(34)31-23-14-13-18(2)16-19(23)3)20(4)30-29-32-24-11-6-7-12-25(24)33(27)29/h6-14,16-17,27H,5,15H2,1-4H3,(H,30,32)(H,31,34)/t27-/m0/s1. The van der Waals surface area contributed by atoms with Crippen molar-refractivity contribution >= 4 is 28.6 Å². The maximum atomic E-state index is 13.8. The number of hydrogen-bond acceptors (Lipinski definition) is 4. The van der Waals surface area contributed by atoms with Crippen molar-refractivity contribution in [2.24, 2.45) is 0 Å². The molecule has 5 rings (SSSR count). The smallest absolute Gasteiger partial charge is 0.255 e. The molecule has 0 bridgehead atoms. The Labute approximate surface area is 205 Å². The Morgan fingerprint density at radius 3 is 2.69 bits per heavy atom. The van der Waals surface area contributed by atoms with Crippen LogP contribution < -0.4 is 15.4 Å². The van der Waals surface area contributed by atoms with Gasteiger partial charge in [0, 0.05) is 11.4 Å². The first-order valence-electron chi connectivity index (χ1n) is 12.0. The van der Waals surface area contributed by atoms with Gasteiger partial charge >= 0.3 is 0 Å². The van der Waals surface area contributed by atoms with Crippen molar-refractivity contribution in [3.8, 4) is 5.75 Å². The van der Waals surface area contributed by atoms with E-state index in [2.05, 4.69) is 28.2 Å². The van der Waals surface area contributed by atoms with Gasteiger partial charge in [0.25, 0.3) is 5.91 Å². The van der Waals surface area contributed by atoms with Gasteiger partial charge in [-0.1, -0.05) is 48.9 Å². The second-order valence-electron chi connectivity index (χ2n) is 9.05. The summed E-state index contributed by atoms with van der Waals surface area (Å²) < 4.78 is 8.04. The van der Waals surface area contributed by atoms with Gasteiger partial charge in [-0.05, 0) is 68.7 Å². The highest BCUT2D eigenvalue weighted by Crippen LogP contribution is 2.40. The third kappa shape index (κ3) is 4.28. The summed E-state index contributed by atoms with van der Waals surface area (Å²) in [6.07, 6.45) is 0.927. The van der Waals surface area contributed by atoms with E-state index in [4.69, 9.17) is 9.72 Å². The lowest BCUT2D eigenvalue weighted by atomic mass is 9.94. The van der Waals surface area contributed by atoms with Crippen LogP contribution in [-0.2, 0) is 4.79 Å². The van der Waals surface area contributed by atoms with E-state index in [1.165, 1.54) is 0 Å². The van der Waals surface area contributed by atoms with Gasteiger partial charge in [0.2, 0.25) is 5.95 Å². The molecule has 2 heterocycles. The zero-order chi connectivity index (χ0) is 24.5. The lowest BCUT2D eigenvalue weighted by Crippen LogP contribution is -2.31. The van der Waals surface area contributed by atoms with E-state index in [1.54, 1.807) is 0 Å². The summed E-state index contributed by atoms with van der Waals surface area (Å²) in [5, 5.41) is 6.53. The molecule has 1 aliphatic heterocycles. The molecule has 0 radical (unpaired) electrons. The Hall–Kier alpha value is -4.06. The molecule has 0 fully saturated rings. The average Bonchev–Trinajstić information content (AvgIpc) is 3.21. The molecule has 178 valence electrons. The third-order valence-corrected chi connectivity index (χ3v) is 6.35. The molecule has 6 nitrogen and oxygen atoms in total. The summed E-state index contributed by atoms with van der Waals surface area (Å²) in [6.45, 7) is 8.72. The first-order valence-corrected chi connectivity index (χ1v) is 12.0. The van der Waals surface area contributed by atoms with Gasteiger partial charge in [0.05, 0.1) is 29.3 Å². The molecular formula is C29H30N4O2. The number of benzene rings is 3. The molecule has 1 amide bonds. The van der Waals surface area contributed by atoms with Crippen LogP contribution in [0.3, 0.4) is 0 Å². The number of nitrogens with one attached hydrogen (secondary N) is 2. The van der Waals surface area contributed by atoms with Crippen molar-refractivity contribution in [3.63, 3.8) is 0 Å². The maximum Gasteiger partial charge on any atom is 0.255 e. The number of para-hydroxylation sites is 2. The number of aryl methyl sites for hydroxylation is 2. The highest BCUT2D eigenvalue weighted by molar-refractivity contribution is 6.06. The minimum absolute atomic E-state index is 0.143. The highest BCUT2D eigenvalue weighted by atomic mass is 16.5. The fourth-order valence-electron chi connectivity index (χ4n) is 4.71. The van der Waals surface area contributed by atoms with Gasteiger partial charge in [-0.15, -0.1) is 0 Å². The summed E-state index contributed by atoms with van der Waals surface area (Å²) >= 11 is 0. The minimum Gasteiger partial charge on any atom is -0.494 e. The van der Waals surface area contributed by atoms with Crippen molar-refractivity contribution in [3.05, 3.63) is 94.7 Å². The van der Waals surface area contributed by atoms with Crippen LogP contribution in [0.15, 0.2) is 78.0 Å². The second-order valence-corrected chi connectivity index (χ2v) is 9.05. The first kappa shape index (κ1) is 22.7. The predicted octanol–water partition coefficient (Wildman–Crippen LogP) is 6.37. The molecule has 0 aliphatic carbocycles. The monoisotopic (exact) mass is 466 g/mol. The normalized spacial score (nSPS) is 15.0. The fraction of sp³-hybridized carbons (Fsp3) is 0.241. The molecule has 3 aromatic carbocycles. The first-order chi connectivity index (χ1) is 17.0. The molecule has 0 spiro atoms. The van der Waals surface area contributed by atoms with Crippen LogP contribution in [0.5, 0.6) is 5.75 Å². The van der Waals surface area contributed by atoms with Gasteiger partial charge < -0.3 is 15.4 Å². The van der Waals surface area contributed by atoms with E-state index in [-0.39, 0.29) is 11.9 Å². The molecular weight excluding hydrogens is 436 g/mol. The SMILES string of the molecule is CCCOc1cccc([C@H]2C(C(=O)Nc3ccc(C)cc3C)=C(C)Nc3nc4ccccc4n32)c1. The predicted molar refractivity (Wildman–Crippen MR) is 141 cm³/mol. The molecule has 6 heteroatoms. The molecule has 0 saturated heterocycles. The van der Waals surface area contributed by atoms with Gasteiger partial charge in [-0.3, -0.25) is 9.36 Å². The lowest BCUT2D eigenvalue weighted by Gasteiger charge is -2.31. The van der Waals surface area contributed by atoms with Crippen LogP contribution >= 0.6 is 0 Å². The van der Waals surface area contributed by atoms with Crippen LogP contribution in [0.4, 0.5) is 11.6 Å². The van der Waals surface area contributed by atoms with Crippen LogP contribution in [0.2, 0.25) is 0 Å². The number of fused-ring (bicyclic) bond motifs is 3. The Bertz CT molecular complexity index is 1450. The Morgan fingerprint density at radius 2 is 1.89 bits per heavy atom. The number of rotatable bonds is 6. The number of amides is 1. The lowest BCUT2D eigenvalue weighted by molar-refractivity contribution is -0.113. The number of nitrogens with zero attached hydrogens (tertiary/aromatic N) is 2. The molecule has 1 atom stereocenters. The largest absolute Gasteiger partial charge is 0.494 e. The summed E-state index contributed by atoms with van der Waals surface area (Å²) in [7, 11) is 0. The third-order valence-electron chi connectivity index (χ3n) is 6.35. The number of carbonyl (C=O) groups is 1. The van der Waals surface area contributed by atoms with Crippen molar-refractivity contribution in [1.82, 2.24) is 9.55 Å². The molecule has 0 unspecified atom stereocenters. The van der Waals surface area contributed by atoms with Gasteiger partial charge in [-0.2, -0.15) is 0 Å². The van der Waals surface area contributed by atoms with Crippen LogP contribution in [-0.4, -0.2) is 22.1 Å². The summed E-state index contributed by atoms with van der Waals surface area (Å²) in [6, 6.07) is 21.7. The van der Waals surface area contributed by atoms with E-state index in [9.17, 15) is 4.79 Å². The fourth-order valence-corrected chi connectivity index (χ4v) is 4.71. The van der Waals surface area contributed by atoms with Gasteiger partial charge in [-0.25, -0.2) is 4.98 Å². The van der Waals surface area contributed by atoms with Crippen LogP contribution in [0.1, 0.15) is 43.0 Å². The van der Waals surface area contributed by atoms with E-state index >= 15 is 0 Å². The molecule has 0 saturated carbocycles. The van der Waals surface area contributed by atoms with E-state index in [1.807, 2.05) is 81.4 Å².